The maximum Gasteiger partial charge on any atom is 0.316 e. The highest BCUT2D eigenvalue weighted by atomic mass is 32.2. The first-order chi connectivity index (χ1) is 13.8. The molecule has 0 saturated carbocycles. The highest BCUT2D eigenvalue weighted by Gasteiger charge is 2.16. The van der Waals surface area contributed by atoms with Gasteiger partial charge in [0.15, 0.2) is 6.61 Å². The Balaban J connectivity index is 1.75. The number of anilines is 1. The first-order valence-corrected chi connectivity index (χ1v) is 9.89. The third-order valence-corrected chi connectivity index (χ3v) is 5.03. The zero-order valence-corrected chi connectivity index (χ0v) is 17.3. The van der Waals surface area contributed by atoms with Gasteiger partial charge in [0.1, 0.15) is 5.82 Å². The summed E-state index contributed by atoms with van der Waals surface area (Å²) in [7, 11) is 1.45. The Bertz CT molecular complexity index is 904. The van der Waals surface area contributed by atoms with Gasteiger partial charge in [-0.3, -0.25) is 14.4 Å². The molecule has 0 unspecified atom stereocenters. The molecule has 2 aromatic rings. The van der Waals surface area contributed by atoms with Crippen LogP contribution < -0.4 is 5.32 Å². The van der Waals surface area contributed by atoms with Crippen molar-refractivity contribution in [2.45, 2.75) is 18.7 Å². The fourth-order valence-corrected chi connectivity index (χ4v) is 3.09. The van der Waals surface area contributed by atoms with Crippen molar-refractivity contribution in [3.05, 3.63) is 59.4 Å². The van der Waals surface area contributed by atoms with Gasteiger partial charge in [-0.2, -0.15) is 0 Å². The summed E-state index contributed by atoms with van der Waals surface area (Å²) in [5.41, 5.74) is 2.61. The van der Waals surface area contributed by atoms with E-state index in [2.05, 4.69) is 5.32 Å². The highest BCUT2D eigenvalue weighted by Crippen LogP contribution is 2.21. The minimum atomic E-state index is -0.639. The third-order valence-electron chi connectivity index (χ3n) is 4.01. The average Bonchev–Trinajstić information content (AvgIpc) is 2.68. The molecule has 0 bridgehead atoms. The Morgan fingerprint density at radius 3 is 2.59 bits per heavy atom. The van der Waals surface area contributed by atoms with E-state index in [0.717, 1.165) is 22.9 Å². The second kappa shape index (κ2) is 10.6. The molecule has 2 rings (SSSR count). The van der Waals surface area contributed by atoms with Crippen molar-refractivity contribution < 1.29 is 23.5 Å². The molecule has 2 aromatic carbocycles. The van der Waals surface area contributed by atoms with Crippen LogP contribution in [0, 0.1) is 19.7 Å². The maximum atomic E-state index is 13.5. The van der Waals surface area contributed by atoms with Gasteiger partial charge in [0.05, 0.1) is 12.3 Å². The van der Waals surface area contributed by atoms with Crippen LogP contribution in [0.4, 0.5) is 10.1 Å². The van der Waals surface area contributed by atoms with Gasteiger partial charge in [0, 0.05) is 17.6 Å². The molecular weight excluding hydrogens is 395 g/mol. The topological polar surface area (TPSA) is 75.7 Å². The van der Waals surface area contributed by atoms with Crippen LogP contribution >= 0.6 is 11.8 Å². The SMILES string of the molecule is Cc1ccc(C)c(NC(=O)CN(C)C(=O)COC(=O)CSc2ccccc2F)c1. The Morgan fingerprint density at radius 1 is 1.14 bits per heavy atom. The van der Waals surface area contributed by atoms with Gasteiger partial charge in [-0.25, -0.2) is 4.39 Å². The molecule has 0 aliphatic heterocycles. The Labute approximate surface area is 173 Å². The molecule has 2 amide bonds. The third kappa shape index (κ3) is 7.23. The lowest BCUT2D eigenvalue weighted by atomic mass is 10.1. The van der Waals surface area contributed by atoms with Gasteiger partial charge in [-0.15, -0.1) is 11.8 Å². The van der Waals surface area contributed by atoms with Crippen molar-refractivity contribution in [1.82, 2.24) is 4.90 Å². The lowest BCUT2D eigenvalue weighted by molar-refractivity contribution is -0.149. The van der Waals surface area contributed by atoms with Crippen LogP contribution in [0.5, 0.6) is 0 Å². The van der Waals surface area contributed by atoms with E-state index >= 15 is 0 Å². The monoisotopic (exact) mass is 418 g/mol. The number of likely N-dealkylation sites (N-methyl/N-ethyl adjacent to an activating group) is 1. The predicted molar refractivity (Wildman–Crippen MR) is 110 cm³/mol. The molecule has 6 nitrogen and oxygen atoms in total. The predicted octanol–water partition coefficient (Wildman–Crippen LogP) is 3.17. The first kappa shape index (κ1) is 22.4. The number of carbonyl (C=O) groups excluding carboxylic acids is 3. The second-order valence-electron chi connectivity index (χ2n) is 6.50. The zero-order chi connectivity index (χ0) is 21.4. The number of amides is 2. The van der Waals surface area contributed by atoms with Gasteiger partial charge < -0.3 is 15.0 Å². The van der Waals surface area contributed by atoms with Crippen LogP contribution in [0.2, 0.25) is 0 Å². The number of halogens is 1. The van der Waals surface area contributed by atoms with Crippen LogP contribution in [0.1, 0.15) is 11.1 Å². The van der Waals surface area contributed by atoms with Crippen molar-refractivity contribution in [3.63, 3.8) is 0 Å². The summed E-state index contributed by atoms with van der Waals surface area (Å²) in [5.74, 6) is -2.04. The summed E-state index contributed by atoms with van der Waals surface area (Å²) in [6, 6.07) is 11.8. The van der Waals surface area contributed by atoms with E-state index in [1.807, 2.05) is 32.0 Å². The summed E-state index contributed by atoms with van der Waals surface area (Å²) < 4.78 is 18.4. The van der Waals surface area contributed by atoms with E-state index in [1.165, 1.54) is 18.0 Å². The molecule has 29 heavy (non-hydrogen) atoms. The van der Waals surface area contributed by atoms with E-state index < -0.39 is 24.3 Å². The normalized spacial score (nSPS) is 10.3. The molecular formula is C21H23FN2O4S. The minimum Gasteiger partial charge on any atom is -0.455 e. The van der Waals surface area contributed by atoms with Crippen LogP contribution in [0.3, 0.4) is 0 Å². The van der Waals surface area contributed by atoms with Crippen LogP contribution in [-0.4, -0.2) is 48.6 Å². The molecule has 154 valence electrons. The number of nitrogens with one attached hydrogen (secondary N) is 1. The molecule has 0 saturated heterocycles. The summed E-state index contributed by atoms with van der Waals surface area (Å²) in [6.07, 6.45) is 0. The molecule has 0 atom stereocenters. The van der Waals surface area contributed by atoms with Gasteiger partial charge in [0.25, 0.3) is 5.91 Å². The fraction of sp³-hybridized carbons (Fsp3) is 0.286. The summed E-state index contributed by atoms with van der Waals surface area (Å²) >= 11 is 0.991. The van der Waals surface area contributed by atoms with E-state index in [4.69, 9.17) is 4.74 Å². The van der Waals surface area contributed by atoms with Gasteiger partial charge in [0.2, 0.25) is 5.91 Å². The summed E-state index contributed by atoms with van der Waals surface area (Å²) in [6.45, 7) is 3.14. The smallest absolute Gasteiger partial charge is 0.316 e. The zero-order valence-electron chi connectivity index (χ0n) is 16.5. The number of aryl methyl sites for hydroxylation is 2. The maximum absolute atomic E-state index is 13.5. The second-order valence-corrected chi connectivity index (χ2v) is 7.51. The van der Waals surface area contributed by atoms with Crippen molar-refractivity contribution in [2.24, 2.45) is 0 Å². The lowest BCUT2D eigenvalue weighted by Crippen LogP contribution is -2.37. The van der Waals surface area contributed by atoms with E-state index in [1.54, 1.807) is 18.2 Å². The van der Waals surface area contributed by atoms with E-state index in [0.29, 0.717) is 10.6 Å². The average molecular weight is 418 g/mol. The molecule has 0 fully saturated rings. The van der Waals surface area contributed by atoms with Crippen LogP contribution in [-0.2, 0) is 19.1 Å². The van der Waals surface area contributed by atoms with Crippen LogP contribution in [0.15, 0.2) is 47.4 Å². The largest absolute Gasteiger partial charge is 0.455 e. The molecule has 8 heteroatoms. The molecule has 0 spiro atoms. The molecule has 0 heterocycles. The Morgan fingerprint density at radius 2 is 1.86 bits per heavy atom. The summed E-state index contributed by atoms with van der Waals surface area (Å²) in [4.78, 5) is 37.5. The van der Waals surface area contributed by atoms with Gasteiger partial charge in [-0.1, -0.05) is 24.3 Å². The number of hydrogen-bond donors (Lipinski definition) is 1. The number of benzene rings is 2. The number of thioether (sulfide) groups is 1. The van der Waals surface area contributed by atoms with Crippen molar-refractivity contribution >= 4 is 35.2 Å². The molecule has 1 N–H and O–H groups in total. The van der Waals surface area contributed by atoms with Gasteiger partial charge >= 0.3 is 5.97 Å². The van der Waals surface area contributed by atoms with E-state index in [-0.39, 0.29) is 18.2 Å². The number of hydrogen-bond acceptors (Lipinski definition) is 5. The quantitative estimate of drug-likeness (QED) is 0.526. The molecule has 0 radical (unpaired) electrons. The number of esters is 1. The van der Waals surface area contributed by atoms with Crippen LogP contribution in [0.25, 0.3) is 0 Å². The molecule has 0 aliphatic carbocycles. The highest BCUT2D eigenvalue weighted by molar-refractivity contribution is 8.00. The Kier molecular flexibility index (Phi) is 8.21. The fourth-order valence-electron chi connectivity index (χ4n) is 2.36. The number of nitrogens with zero attached hydrogens (tertiary/aromatic N) is 1. The van der Waals surface area contributed by atoms with E-state index in [9.17, 15) is 18.8 Å². The van der Waals surface area contributed by atoms with Crippen molar-refractivity contribution in [3.8, 4) is 0 Å². The molecule has 0 aromatic heterocycles. The summed E-state index contributed by atoms with van der Waals surface area (Å²) in [5, 5.41) is 2.77. The standard InChI is InChI=1S/C21H23FN2O4S/c1-14-8-9-15(2)17(10-14)23-19(25)11-24(3)20(26)12-28-21(27)13-29-18-7-5-4-6-16(18)22/h4-10H,11-13H2,1-3H3,(H,23,25). The first-order valence-electron chi connectivity index (χ1n) is 8.90. The van der Waals surface area contributed by atoms with Crippen molar-refractivity contribution in [1.29, 1.82) is 0 Å². The Hall–Kier alpha value is -2.87. The lowest BCUT2D eigenvalue weighted by Gasteiger charge is -2.17. The minimum absolute atomic E-state index is 0.120. The number of ether oxygens (including phenoxy) is 1. The molecule has 0 aliphatic rings. The van der Waals surface area contributed by atoms with Crippen molar-refractivity contribution in [2.75, 3.05) is 31.3 Å². The number of rotatable bonds is 8. The number of carbonyl (C=O) groups is 3. The van der Waals surface area contributed by atoms with Gasteiger partial charge in [-0.05, 0) is 43.2 Å².